The van der Waals surface area contributed by atoms with Crippen LogP contribution >= 0.6 is 0 Å². The lowest BCUT2D eigenvalue weighted by Crippen LogP contribution is -2.12. The average molecular weight is 470 g/mol. The van der Waals surface area contributed by atoms with Crippen LogP contribution in [0.3, 0.4) is 0 Å². The average Bonchev–Trinajstić information content (AvgIpc) is 3.27. The van der Waals surface area contributed by atoms with Crippen LogP contribution in [0.2, 0.25) is 0 Å². The maximum atomic E-state index is 12.7. The first-order chi connectivity index (χ1) is 15.7. The first-order valence-electron chi connectivity index (χ1n) is 10.3. The van der Waals surface area contributed by atoms with Crippen molar-refractivity contribution in [1.29, 1.82) is 0 Å². The number of methoxy groups -OCH3 is 1. The molecular weight excluding hydrogens is 446 g/mol. The van der Waals surface area contributed by atoms with Gasteiger partial charge < -0.3 is 19.7 Å². The Hall–Kier alpha value is -3.63. The van der Waals surface area contributed by atoms with Crippen LogP contribution in [0.15, 0.2) is 47.5 Å². The molecule has 0 fully saturated rings. The van der Waals surface area contributed by atoms with Gasteiger partial charge in [-0.1, -0.05) is 0 Å². The molecule has 0 saturated carbocycles. The van der Waals surface area contributed by atoms with E-state index in [1.54, 1.807) is 13.2 Å². The molecule has 1 amide bonds. The topological polar surface area (TPSA) is 141 Å². The standard InChI is InChI=1S/C23H23N3O6S/c1-32-15-5-8-21-17(11-15)14(13-26(21)9-3-2-4-22(27)28)10-19-18-12-16(33(24,30)31)6-7-20(18)25-23(19)29/h5-8,10-13H,2-4,9H2,1H3,(H,25,29)(H,27,28)(H2,24,30,31)/b19-10+. The maximum absolute atomic E-state index is 12.7. The number of nitrogens with zero attached hydrogens (tertiary/aromatic N) is 1. The van der Waals surface area contributed by atoms with Crippen LogP contribution in [0.4, 0.5) is 5.69 Å². The van der Waals surface area contributed by atoms with E-state index in [1.165, 1.54) is 18.2 Å². The molecule has 2 heterocycles. The number of ether oxygens (including phenoxy) is 1. The van der Waals surface area contributed by atoms with Crippen LogP contribution in [0, 0.1) is 0 Å². The Bertz CT molecular complexity index is 1410. The molecule has 172 valence electrons. The van der Waals surface area contributed by atoms with Gasteiger partial charge >= 0.3 is 5.97 Å². The second-order valence-electron chi connectivity index (χ2n) is 7.78. The highest BCUT2D eigenvalue weighted by Gasteiger charge is 2.26. The molecule has 1 aromatic heterocycles. The first kappa shape index (κ1) is 22.6. The molecule has 1 aliphatic heterocycles. The first-order valence-corrected chi connectivity index (χ1v) is 11.8. The number of anilines is 1. The molecule has 0 atom stereocenters. The third-order valence-electron chi connectivity index (χ3n) is 5.56. The van der Waals surface area contributed by atoms with Gasteiger partial charge in [0.05, 0.1) is 12.0 Å². The molecule has 0 spiro atoms. The summed E-state index contributed by atoms with van der Waals surface area (Å²) in [7, 11) is -2.36. The van der Waals surface area contributed by atoms with Crippen LogP contribution in [0.25, 0.3) is 22.6 Å². The number of hydrogen-bond acceptors (Lipinski definition) is 5. The van der Waals surface area contributed by atoms with Crippen LogP contribution < -0.4 is 15.2 Å². The molecule has 4 N–H and O–H groups in total. The third kappa shape index (κ3) is 4.62. The SMILES string of the molecule is COc1ccc2c(c1)c(/C=C1/C(=O)Nc3ccc(S(N)(=O)=O)cc31)cn2CCCCC(=O)O. The van der Waals surface area contributed by atoms with Gasteiger partial charge in [0, 0.05) is 52.5 Å². The maximum Gasteiger partial charge on any atom is 0.303 e. The van der Waals surface area contributed by atoms with Crippen LogP contribution in [0.1, 0.15) is 30.4 Å². The largest absolute Gasteiger partial charge is 0.497 e. The number of carbonyl (C=O) groups excluding carboxylic acids is 1. The van der Waals surface area contributed by atoms with E-state index in [0.29, 0.717) is 42.0 Å². The predicted octanol–water partition coefficient (Wildman–Crippen LogP) is 3.04. The zero-order valence-corrected chi connectivity index (χ0v) is 18.7. The highest BCUT2D eigenvalue weighted by atomic mass is 32.2. The molecule has 10 heteroatoms. The van der Waals surface area contributed by atoms with E-state index in [4.69, 9.17) is 15.0 Å². The fourth-order valence-electron chi connectivity index (χ4n) is 3.93. The van der Waals surface area contributed by atoms with Crippen LogP contribution in [-0.2, 0) is 26.2 Å². The van der Waals surface area contributed by atoms with Gasteiger partial charge in [0.2, 0.25) is 10.0 Å². The summed E-state index contributed by atoms with van der Waals surface area (Å²) in [6.45, 7) is 0.609. The summed E-state index contributed by atoms with van der Waals surface area (Å²) in [5.41, 5.74) is 2.95. The number of carboxylic acid groups (broad SMARTS) is 1. The lowest BCUT2D eigenvalue weighted by molar-refractivity contribution is -0.137. The Kier molecular flexibility index (Phi) is 5.96. The van der Waals surface area contributed by atoms with Gasteiger partial charge in [-0.2, -0.15) is 0 Å². The zero-order valence-electron chi connectivity index (χ0n) is 17.9. The quantitative estimate of drug-likeness (QED) is 0.342. The molecule has 0 radical (unpaired) electrons. The summed E-state index contributed by atoms with van der Waals surface area (Å²) in [6.07, 6.45) is 4.94. The Morgan fingerprint density at radius 2 is 2.00 bits per heavy atom. The molecular formula is C23H23N3O6S. The highest BCUT2D eigenvalue weighted by Crippen LogP contribution is 2.36. The number of carbonyl (C=O) groups is 2. The van der Waals surface area contributed by atoms with Gasteiger partial charge in [-0.05, 0) is 55.3 Å². The molecule has 2 aromatic carbocycles. The normalized spacial score (nSPS) is 14.5. The number of carboxylic acids is 1. The van der Waals surface area contributed by atoms with Crippen molar-refractivity contribution in [3.05, 3.63) is 53.7 Å². The van der Waals surface area contributed by atoms with Crippen molar-refractivity contribution >= 4 is 50.1 Å². The number of aliphatic carboxylic acids is 1. The Balaban J connectivity index is 1.78. The number of hydrogen-bond donors (Lipinski definition) is 3. The second kappa shape index (κ2) is 8.72. The monoisotopic (exact) mass is 469 g/mol. The molecule has 9 nitrogen and oxygen atoms in total. The summed E-state index contributed by atoms with van der Waals surface area (Å²) in [5, 5.41) is 17.7. The second-order valence-corrected chi connectivity index (χ2v) is 9.34. The highest BCUT2D eigenvalue weighted by molar-refractivity contribution is 7.89. The Labute approximate surface area is 190 Å². The smallest absolute Gasteiger partial charge is 0.303 e. The number of benzene rings is 2. The number of rotatable bonds is 8. The number of fused-ring (bicyclic) bond motifs is 2. The van der Waals surface area contributed by atoms with Crippen molar-refractivity contribution < 1.29 is 27.9 Å². The number of sulfonamides is 1. The van der Waals surface area contributed by atoms with Crippen molar-refractivity contribution in [3.8, 4) is 5.75 Å². The van der Waals surface area contributed by atoms with Gasteiger partial charge in [-0.3, -0.25) is 9.59 Å². The molecule has 0 bridgehead atoms. The summed E-state index contributed by atoms with van der Waals surface area (Å²) < 4.78 is 31.0. The van der Waals surface area contributed by atoms with Crippen LogP contribution in [-0.4, -0.2) is 37.1 Å². The fourth-order valence-corrected chi connectivity index (χ4v) is 4.47. The van der Waals surface area contributed by atoms with E-state index in [1.807, 2.05) is 29.0 Å². The van der Waals surface area contributed by atoms with E-state index in [9.17, 15) is 18.0 Å². The van der Waals surface area contributed by atoms with E-state index >= 15 is 0 Å². The summed E-state index contributed by atoms with van der Waals surface area (Å²) in [5.74, 6) is -0.521. The number of nitrogens with two attached hydrogens (primary N) is 1. The van der Waals surface area contributed by atoms with E-state index in [0.717, 1.165) is 16.5 Å². The number of aromatic nitrogens is 1. The molecule has 1 aliphatic rings. The van der Waals surface area contributed by atoms with Crippen molar-refractivity contribution in [1.82, 2.24) is 4.57 Å². The summed E-state index contributed by atoms with van der Waals surface area (Å²) in [4.78, 5) is 23.4. The van der Waals surface area contributed by atoms with Gasteiger partial charge in [0.25, 0.3) is 5.91 Å². The van der Waals surface area contributed by atoms with Gasteiger partial charge in [0.1, 0.15) is 5.75 Å². The Morgan fingerprint density at radius 3 is 2.70 bits per heavy atom. The third-order valence-corrected chi connectivity index (χ3v) is 6.47. The van der Waals surface area contributed by atoms with E-state index in [-0.39, 0.29) is 17.2 Å². The van der Waals surface area contributed by atoms with Crippen molar-refractivity contribution in [2.24, 2.45) is 5.14 Å². The molecule has 3 aromatic rings. The number of nitrogens with one attached hydrogen (secondary N) is 1. The number of aryl methyl sites for hydroxylation is 1. The minimum atomic E-state index is -3.93. The van der Waals surface area contributed by atoms with Crippen molar-refractivity contribution in [3.63, 3.8) is 0 Å². The lowest BCUT2D eigenvalue weighted by Gasteiger charge is -2.05. The lowest BCUT2D eigenvalue weighted by atomic mass is 10.0. The Morgan fingerprint density at radius 1 is 1.21 bits per heavy atom. The molecule has 0 saturated heterocycles. The summed E-state index contributed by atoms with van der Waals surface area (Å²) in [6, 6.07) is 9.87. The molecule has 0 aliphatic carbocycles. The summed E-state index contributed by atoms with van der Waals surface area (Å²) >= 11 is 0. The number of amides is 1. The van der Waals surface area contributed by atoms with Gasteiger partial charge in [0.15, 0.2) is 0 Å². The van der Waals surface area contributed by atoms with E-state index < -0.39 is 16.0 Å². The predicted molar refractivity (Wildman–Crippen MR) is 124 cm³/mol. The zero-order chi connectivity index (χ0) is 23.8. The number of unbranched alkanes of at least 4 members (excludes halogenated alkanes) is 1. The molecule has 4 rings (SSSR count). The van der Waals surface area contributed by atoms with Gasteiger partial charge in [-0.25, -0.2) is 13.6 Å². The van der Waals surface area contributed by atoms with Crippen molar-refractivity contribution in [2.75, 3.05) is 12.4 Å². The van der Waals surface area contributed by atoms with Gasteiger partial charge in [-0.15, -0.1) is 0 Å². The minimum absolute atomic E-state index is 0.0776. The fraction of sp³-hybridized carbons (Fsp3) is 0.217. The molecule has 33 heavy (non-hydrogen) atoms. The molecule has 0 unspecified atom stereocenters. The van der Waals surface area contributed by atoms with E-state index in [2.05, 4.69) is 5.32 Å². The number of primary sulfonamides is 1. The minimum Gasteiger partial charge on any atom is -0.497 e. The van der Waals surface area contributed by atoms with Crippen LogP contribution in [0.5, 0.6) is 5.75 Å². The van der Waals surface area contributed by atoms with Crippen molar-refractivity contribution in [2.45, 2.75) is 30.7 Å².